The largest absolute Gasteiger partial charge is 0.395 e. The second-order valence-electron chi connectivity index (χ2n) is 3.68. The number of aliphatic hydroxyl groups excluding tert-OH is 2. The molecule has 3 nitrogen and oxygen atoms in total. The molecule has 0 fully saturated rings. The molecule has 0 unspecified atom stereocenters. The molecule has 0 aromatic carbocycles. The van der Waals surface area contributed by atoms with Gasteiger partial charge in [0.25, 0.3) is 0 Å². The predicted molar refractivity (Wildman–Crippen MR) is 59.6 cm³/mol. The summed E-state index contributed by atoms with van der Waals surface area (Å²) in [5.41, 5.74) is -0.161. The highest BCUT2D eigenvalue weighted by molar-refractivity contribution is 6.29. The first-order valence-electron chi connectivity index (χ1n) is 4.57. The smallest absolute Gasteiger partial charge is 0.129 e. The number of aliphatic hydroxyl groups is 2. The first-order chi connectivity index (χ1) is 7.03. The third kappa shape index (κ3) is 2.56. The molecule has 0 amide bonds. The Morgan fingerprint density at radius 1 is 1.67 bits per heavy atom. The van der Waals surface area contributed by atoms with Crippen LogP contribution in [0.15, 0.2) is 31.0 Å². The summed E-state index contributed by atoms with van der Waals surface area (Å²) in [5.74, 6) is 0. The van der Waals surface area contributed by atoms with Crippen LogP contribution < -0.4 is 0 Å². The Kier molecular flexibility index (Phi) is 3.85. The molecule has 0 saturated carbocycles. The van der Waals surface area contributed by atoms with Crippen molar-refractivity contribution in [3.8, 4) is 0 Å². The number of rotatable bonds is 4. The average molecular weight is 228 g/mol. The van der Waals surface area contributed by atoms with Gasteiger partial charge in [-0.1, -0.05) is 30.7 Å². The number of nitrogens with zero attached hydrogens (tertiary/aromatic N) is 1. The van der Waals surface area contributed by atoms with E-state index in [9.17, 15) is 10.2 Å². The molecule has 4 heteroatoms. The fraction of sp³-hybridized carbons (Fsp3) is 0.364. The van der Waals surface area contributed by atoms with Crippen LogP contribution >= 0.6 is 11.6 Å². The van der Waals surface area contributed by atoms with Crippen molar-refractivity contribution in [2.75, 3.05) is 6.61 Å². The summed E-state index contributed by atoms with van der Waals surface area (Å²) in [4.78, 5) is 3.87. The Bertz CT molecular complexity index is 339. The zero-order valence-corrected chi connectivity index (χ0v) is 9.28. The molecule has 2 N–H and O–H groups in total. The quantitative estimate of drug-likeness (QED) is 0.611. The van der Waals surface area contributed by atoms with E-state index in [4.69, 9.17) is 11.6 Å². The van der Waals surface area contributed by atoms with E-state index in [1.54, 1.807) is 19.1 Å². The minimum Gasteiger partial charge on any atom is -0.395 e. The third-order valence-electron chi connectivity index (χ3n) is 2.50. The zero-order chi connectivity index (χ0) is 11.5. The maximum Gasteiger partial charge on any atom is 0.129 e. The fourth-order valence-corrected chi connectivity index (χ4v) is 1.30. The van der Waals surface area contributed by atoms with E-state index < -0.39 is 11.5 Å². The van der Waals surface area contributed by atoms with Gasteiger partial charge in [-0.05, 0) is 11.6 Å². The first-order valence-corrected chi connectivity index (χ1v) is 4.95. The van der Waals surface area contributed by atoms with Crippen LogP contribution in [0.3, 0.4) is 0 Å². The molecule has 15 heavy (non-hydrogen) atoms. The molecule has 1 heterocycles. The molecule has 0 aliphatic heterocycles. The standard InChI is InChI=1S/C11H14ClNO2/c1-3-11(2,7-14)10(15)8-4-5-9(12)13-6-8/h3-6,10,14-15H,1,7H2,2H3/t10-,11-/m1/s1. The summed E-state index contributed by atoms with van der Waals surface area (Å²) in [7, 11) is 0. The van der Waals surface area contributed by atoms with Crippen LogP contribution in [0.2, 0.25) is 5.15 Å². The summed E-state index contributed by atoms with van der Waals surface area (Å²) in [6, 6.07) is 3.28. The van der Waals surface area contributed by atoms with Crippen molar-refractivity contribution in [2.45, 2.75) is 13.0 Å². The minimum absolute atomic E-state index is 0.180. The van der Waals surface area contributed by atoms with E-state index in [-0.39, 0.29) is 6.61 Å². The summed E-state index contributed by atoms with van der Waals surface area (Å²) in [6.45, 7) is 5.14. The molecule has 1 aromatic rings. The summed E-state index contributed by atoms with van der Waals surface area (Å²) in [6.07, 6.45) is 2.18. The molecule has 0 bridgehead atoms. The highest BCUT2D eigenvalue weighted by Crippen LogP contribution is 2.34. The SMILES string of the molecule is C=C[C@](C)(CO)[C@H](O)c1ccc(Cl)nc1. The Balaban J connectivity index is 2.97. The van der Waals surface area contributed by atoms with E-state index in [1.165, 1.54) is 12.3 Å². The van der Waals surface area contributed by atoms with Gasteiger partial charge in [0, 0.05) is 11.6 Å². The molecule has 0 aliphatic rings. The monoisotopic (exact) mass is 227 g/mol. The van der Waals surface area contributed by atoms with E-state index >= 15 is 0 Å². The van der Waals surface area contributed by atoms with Gasteiger partial charge in [-0.2, -0.15) is 0 Å². The molecule has 0 aliphatic carbocycles. The fourth-order valence-electron chi connectivity index (χ4n) is 1.19. The Morgan fingerprint density at radius 3 is 2.73 bits per heavy atom. The third-order valence-corrected chi connectivity index (χ3v) is 2.72. The highest BCUT2D eigenvalue weighted by atomic mass is 35.5. The normalized spacial score (nSPS) is 16.8. The van der Waals surface area contributed by atoms with Crippen LogP contribution in [-0.2, 0) is 0 Å². The summed E-state index contributed by atoms with van der Waals surface area (Å²) in [5, 5.41) is 19.6. The van der Waals surface area contributed by atoms with Gasteiger partial charge >= 0.3 is 0 Å². The van der Waals surface area contributed by atoms with Gasteiger partial charge in [-0.25, -0.2) is 4.98 Å². The highest BCUT2D eigenvalue weighted by Gasteiger charge is 2.30. The van der Waals surface area contributed by atoms with Gasteiger partial charge in [0.2, 0.25) is 0 Å². The van der Waals surface area contributed by atoms with Crippen LogP contribution in [0.25, 0.3) is 0 Å². The van der Waals surface area contributed by atoms with Crippen molar-refractivity contribution in [2.24, 2.45) is 5.41 Å². The van der Waals surface area contributed by atoms with Gasteiger partial charge < -0.3 is 10.2 Å². The van der Waals surface area contributed by atoms with E-state index in [1.807, 2.05) is 0 Å². The number of halogens is 1. The van der Waals surface area contributed by atoms with Crippen molar-refractivity contribution >= 4 is 11.6 Å². The molecule has 0 radical (unpaired) electrons. The lowest BCUT2D eigenvalue weighted by Crippen LogP contribution is -2.27. The van der Waals surface area contributed by atoms with Crippen molar-refractivity contribution in [3.05, 3.63) is 41.7 Å². The van der Waals surface area contributed by atoms with Crippen LogP contribution in [-0.4, -0.2) is 21.8 Å². The summed E-state index contributed by atoms with van der Waals surface area (Å²) >= 11 is 5.64. The van der Waals surface area contributed by atoms with Gasteiger partial charge in [0.1, 0.15) is 5.15 Å². The predicted octanol–water partition coefficient (Wildman–Crippen LogP) is 1.95. The van der Waals surface area contributed by atoms with Gasteiger partial charge in [0.05, 0.1) is 12.7 Å². The maximum absolute atomic E-state index is 10.0. The van der Waals surface area contributed by atoms with Crippen molar-refractivity contribution in [3.63, 3.8) is 0 Å². The Morgan fingerprint density at radius 2 is 2.33 bits per heavy atom. The molecule has 82 valence electrons. The number of aromatic nitrogens is 1. The summed E-state index contributed by atoms with van der Waals surface area (Å²) < 4.78 is 0. The van der Waals surface area contributed by atoms with E-state index in [0.717, 1.165) is 0 Å². The van der Waals surface area contributed by atoms with Crippen LogP contribution in [0.4, 0.5) is 0 Å². The lowest BCUT2D eigenvalue weighted by molar-refractivity contribution is 0.0267. The second-order valence-corrected chi connectivity index (χ2v) is 4.07. The molecule has 1 rings (SSSR count). The Hall–Kier alpha value is -0.900. The first kappa shape index (κ1) is 12.2. The number of hydrogen-bond donors (Lipinski definition) is 2. The molecule has 0 saturated heterocycles. The maximum atomic E-state index is 10.0. The molecule has 0 spiro atoms. The van der Waals surface area contributed by atoms with Crippen molar-refractivity contribution < 1.29 is 10.2 Å². The zero-order valence-electron chi connectivity index (χ0n) is 8.52. The van der Waals surface area contributed by atoms with Crippen LogP contribution in [0.5, 0.6) is 0 Å². The number of hydrogen-bond acceptors (Lipinski definition) is 3. The van der Waals surface area contributed by atoms with Gasteiger partial charge in [0.15, 0.2) is 0 Å². The van der Waals surface area contributed by atoms with Crippen molar-refractivity contribution in [1.82, 2.24) is 4.98 Å². The minimum atomic E-state index is -0.843. The molecular formula is C11H14ClNO2. The molecular weight excluding hydrogens is 214 g/mol. The topological polar surface area (TPSA) is 53.4 Å². The average Bonchev–Trinajstić information content (AvgIpc) is 2.28. The van der Waals surface area contributed by atoms with Gasteiger partial charge in [-0.3, -0.25) is 0 Å². The Labute approximate surface area is 94.0 Å². The molecule has 1 aromatic heterocycles. The van der Waals surface area contributed by atoms with E-state index in [0.29, 0.717) is 10.7 Å². The van der Waals surface area contributed by atoms with Gasteiger partial charge in [-0.15, -0.1) is 6.58 Å². The van der Waals surface area contributed by atoms with Crippen LogP contribution in [0, 0.1) is 5.41 Å². The lowest BCUT2D eigenvalue weighted by Gasteiger charge is -2.29. The van der Waals surface area contributed by atoms with Crippen molar-refractivity contribution in [1.29, 1.82) is 0 Å². The lowest BCUT2D eigenvalue weighted by atomic mass is 9.82. The molecule has 2 atom stereocenters. The second kappa shape index (κ2) is 4.75. The van der Waals surface area contributed by atoms with Crippen LogP contribution in [0.1, 0.15) is 18.6 Å². The van der Waals surface area contributed by atoms with E-state index in [2.05, 4.69) is 11.6 Å². The number of pyridine rings is 1.